The average Bonchev–Trinajstić information content (AvgIpc) is 2.60. The largest absolute Gasteiger partial charge is 0.481 e. The van der Waals surface area contributed by atoms with E-state index in [9.17, 15) is 14.4 Å². The molecule has 136 valence electrons. The lowest BCUT2D eigenvalue weighted by atomic mass is 9.96. The number of carbonyl (C=O) groups excluding carboxylic acids is 2. The highest BCUT2D eigenvalue weighted by molar-refractivity contribution is 5.79. The number of carbonyl (C=O) groups is 3. The van der Waals surface area contributed by atoms with Gasteiger partial charge in [-0.2, -0.15) is 0 Å². The summed E-state index contributed by atoms with van der Waals surface area (Å²) in [7, 11) is 0. The summed E-state index contributed by atoms with van der Waals surface area (Å²) in [6, 6.07) is 9.05. The summed E-state index contributed by atoms with van der Waals surface area (Å²) >= 11 is 0. The third-order valence-electron chi connectivity index (χ3n) is 4.60. The summed E-state index contributed by atoms with van der Waals surface area (Å²) < 4.78 is 0. The van der Waals surface area contributed by atoms with Crippen LogP contribution >= 0.6 is 0 Å². The van der Waals surface area contributed by atoms with Crippen LogP contribution in [0.5, 0.6) is 0 Å². The van der Waals surface area contributed by atoms with Crippen molar-refractivity contribution in [2.75, 3.05) is 6.54 Å². The number of piperidine rings is 1. The first-order valence-electron chi connectivity index (χ1n) is 8.80. The quantitative estimate of drug-likeness (QED) is 0.794. The molecule has 1 aromatic carbocycles. The van der Waals surface area contributed by atoms with Crippen molar-refractivity contribution in [3.8, 4) is 0 Å². The highest BCUT2D eigenvalue weighted by Gasteiger charge is 2.29. The van der Waals surface area contributed by atoms with Crippen molar-refractivity contribution in [1.82, 2.24) is 10.2 Å². The van der Waals surface area contributed by atoms with E-state index in [0.29, 0.717) is 13.0 Å². The topological polar surface area (TPSA) is 86.7 Å². The van der Waals surface area contributed by atoms with Crippen LogP contribution in [0.15, 0.2) is 30.3 Å². The number of amides is 2. The maximum atomic E-state index is 12.8. The molecule has 0 spiro atoms. The van der Waals surface area contributed by atoms with Crippen LogP contribution in [-0.2, 0) is 14.4 Å². The second-order valence-electron chi connectivity index (χ2n) is 6.54. The fourth-order valence-electron chi connectivity index (χ4n) is 3.39. The van der Waals surface area contributed by atoms with Gasteiger partial charge in [0.25, 0.3) is 0 Å². The first-order chi connectivity index (χ1) is 12.0. The Balaban J connectivity index is 2.07. The van der Waals surface area contributed by atoms with Crippen LogP contribution < -0.4 is 5.32 Å². The number of carboxylic acids is 1. The molecule has 2 atom stereocenters. The molecule has 2 amide bonds. The number of nitrogens with zero attached hydrogens (tertiary/aromatic N) is 1. The standard InChI is InChI=1S/C19H26N2O4/c1-14(22)20-17(15-7-3-2-4-8-15)13-18(23)21-12-6-5-9-16(21)10-11-19(24)25/h2-4,7-8,16-17H,5-6,9-13H2,1H3,(H,20,22)(H,24,25)/t16-,17-/m1/s1. The average molecular weight is 346 g/mol. The van der Waals surface area contributed by atoms with E-state index >= 15 is 0 Å². The SMILES string of the molecule is CC(=O)N[C@H](CC(=O)N1CCCC[C@@H]1CCC(=O)O)c1ccccc1. The van der Waals surface area contributed by atoms with E-state index in [0.717, 1.165) is 24.8 Å². The molecule has 1 aliphatic rings. The van der Waals surface area contributed by atoms with Gasteiger partial charge in [-0.25, -0.2) is 0 Å². The molecule has 0 saturated carbocycles. The van der Waals surface area contributed by atoms with Gasteiger partial charge in [-0.05, 0) is 31.2 Å². The number of aliphatic carboxylic acids is 1. The number of benzene rings is 1. The molecule has 0 aromatic heterocycles. The Morgan fingerprint density at radius 1 is 1.24 bits per heavy atom. The lowest BCUT2D eigenvalue weighted by molar-refractivity contribution is -0.140. The smallest absolute Gasteiger partial charge is 0.303 e. The van der Waals surface area contributed by atoms with E-state index in [1.165, 1.54) is 6.92 Å². The molecule has 0 unspecified atom stereocenters. The fraction of sp³-hybridized carbons (Fsp3) is 0.526. The molecule has 1 fully saturated rings. The third kappa shape index (κ3) is 5.89. The molecule has 1 aromatic rings. The van der Waals surface area contributed by atoms with E-state index in [4.69, 9.17) is 5.11 Å². The zero-order valence-electron chi connectivity index (χ0n) is 14.6. The van der Waals surface area contributed by atoms with Crippen molar-refractivity contribution in [1.29, 1.82) is 0 Å². The first-order valence-corrected chi connectivity index (χ1v) is 8.80. The second-order valence-corrected chi connectivity index (χ2v) is 6.54. The highest BCUT2D eigenvalue weighted by Crippen LogP contribution is 2.25. The highest BCUT2D eigenvalue weighted by atomic mass is 16.4. The van der Waals surface area contributed by atoms with Crippen molar-refractivity contribution in [2.45, 2.75) is 57.5 Å². The lowest BCUT2D eigenvalue weighted by Gasteiger charge is -2.36. The third-order valence-corrected chi connectivity index (χ3v) is 4.60. The molecule has 1 heterocycles. The Morgan fingerprint density at radius 3 is 2.60 bits per heavy atom. The van der Waals surface area contributed by atoms with E-state index in [1.54, 1.807) is 0 Å². The number of hydrogen-bond donors (Lipinski definition) is 2. The Labute approximate surface area is 148 Å². The Hall–Kier alpha value is -2.37. The van der Waals surface area contributed by atoms with Crippen molar-refractivity contribution in [3.63, 3.8) is 0 Å². The molecule has 25 heavy (non-hydrogen) atoms. The van der Waals surface area contributed by atoms with Crippen LogP contribution in [0.25, 0.3) is 0 Å². The van der Waals surface area contributed by atoms with Gasteiger partial charge in [0.1, 0.15) is 0 Å². The number of likely N-dealkylation sites (tertiary alicyclic amines) is 1. The van der Waals surface area contributed by atoms with Crippen molar-refractivity contribution >= 4 is 17.8 Å². The van der Waals surface area contributed by atoms with Crippen LogP contribution in [-0.4, -0.2) is 40.4 Å². The lowest BCUT2D eigenvalue weighted by Crippen LogP contribution is -2.45. The minimum Gasteiger partial charge on any atom is -0.481 e. The normalized spacial score (nSPS) is 18.4. The molecule has 0 bridgehead atoms. The Kier molecular flexibility index (Phi) is 6.98. The van der Waals surface area contributed by atoms with Crippen LogP contribution in [0.3, 0.4) is 0 Å². The molecule has 6 heteroatoms. The summed E-state index contributed by atoms with van der Waals surface area (Å²) in [5.74, 6) is -1.04. The van der Waals surface area contributed by atoms with Crippen LogP contribution in [0.4, 0.5) is 0 Å². The van der Waals surface area contributed by atoms with Gasteiger partial charge in [0, 0.05) is 25.9 Å². The molecular weight excluding hydrogens is 320 g/mol. The summed E-state index contributed by atoms with van der Waals surface area (Å²) in [4.78, 5) is 37.0. The van der Waals surface area contributed by atoms with Crippen LogP contribution in [0.1, 0.15) is 57.1 Å². The molecule has 0 radical (unpaired) electrons. The van der Waals surface area contributed by atoms with Gasteiger partial charge < -0.3 is 15.3 Å². The predicted octanol–water partition coefficient (Wildman–Crippen LogP) is 2.50. The summed E-state index contributed by atoms with van der Waals surface area (Å²) in [6.45, 7) is 2.10. The maximum Gasteiger partial charge on any atom is 0.303 e. The molecule has 1 aliphatic heterocycles. The predicted molar refractivity (Wildman–Crippen MR) is 93.8 cm³/mol. The van der Waals surface area contributed by atoms with Crippen molar-refractivity contribution in [3.05, 3.63) is 35.9 Å². The monoisotopic (exact) mass is 346 g/mol. The minimum atomic E-state index is -0.835. The molecule has 2 N–H and O–H groups in total. The van der Waals surface area contributed by atoms with Gasteiger partial charge >= 0.3 is 5.97 Å². The second kappa shape index (κ2) is 9.20. The number of hydrogen-bond acceptors (Lipinski definition) is 3. The Morgan fingerprint density at radius 2 is 1.96 bits per heavy atom. The summed E-state index contributed by atoms with van der Waals surface area (Å²) in [6.07, 6.45) is 3.54. The number of nitrogens with one attached hydrogen (secondary N) is 1. The van der Waals surface area contributed by atoms with Crippen LogP contribution in [0.2, 0.25) is 0 Å². The van der Waals surface area contributed by atoms with Gasteiger partial charge in [-0.15, -0.1) is 0 Å². The zero-order valence-corrected chi connectivity index (χ0v) is 14.6. The van der Waals surface area contributed by atoms with Gasteiger partial charge in [0.15, 0.2) is 0 Å². The van der Waals surface area contributed by atoms with E-state index in [2.05, 4.69) is 5.32 Å². The molecule has 1 saturated heterocycles. The summed E-state index contributed by atoms with van der Waals surface area (Å²) in [5.41, 5.74) is 0.894. The Bertz CT molecular complexity index is 603. The van der Waals surface area contributed by atoms with E-state index in [-0.39, 0.29) is 36.7 Å². The fourth-order valence-corrected chi connectivity index (χ4v) is 3.39. The van der Waals surface area contributed by atoms with Gasteiger partial charge in [-0.3, -0.25) is 14.4 Å². The van der Waals surface area contributed by atoms with Gasteiger partial charge in [0.2, 0.25) is 11.8 Å². The number of rotatable bonds is 7. The van der Waals surface area contributed by atoms with Crippen molar-refractivity contribution in [2.24, 2.45) is 0 Å². The van der Waals surface area contributed by atoms with Gasteiger partial charge in [0.05, 0.1) is 12.5 Å². The van der Waals surface area contributed by atoms with Crippen LogP contribution in [0, 0.1) is 0 Å². The first kappa shape index (κ1) is 19.0. The molecule has 6 nitrogen and oxygen atoms in total. The summed E-state index contributed by atoms with van der Waals surface area (Å²) in [5, 5.41) is 11.8. The molecular formula is C19H26N2O4. The van der Waals surface area contributed by atoms with Crippen molar-refractivity contribution < 1.29 is 19.5 Å². The molecule has 0 aliphatic carbocycles. The van der Waals surface area contributed by atoms with E-state index < -0.39 is 5.97 Å². The minimum absolute atomic E-state index is 0.0221. The molecule has 2 rings (SSSR count). The number of carboxylic acid groups (broad SMARTS) is 1. The maximum absolute atomic E-state index is 12.8. The van der Waals surface area contributed by atoms with Gasteiger partial charge in [-0.1, -0.05) is 30.3 Å². The zero-order chi connectivity index (χ0) is 18.2. The van der Waals surface area contributed by atoms with E-state index in [1.807, 2.05) is 35.2 Å².